The van der Waals surface area contributed by atoms with Crippen LogP contribution >= 0.6 is 22.9 Å². The highest BCUT2D eigenvalue weighted by Gasteiger charge is 2.13. The first-order valence-electron chi connectivity index (χ1n) is 5.51. The van der Waals surface area contributed by atoms with E-state index in [1.165, 1.54) is 11.3 Å². The molecule has 1 amide bonds. The van der Waals surface area contributed by atoms with Crippen molar-refractivity contribution in [1.82, 2.24) is 9.88 Å². The third-order valence-corrected chi connectivity index (χ3v) is 3.80. The Kier molecular flexibility index (Phi) is 3.64. The van der Waals surface area contributed by atoms with E-state index in [-0.39, 0.29) is 5.91 Å². The standard InChI is InChI=1S/C12H13ClN2OS/c1-3-15(4-2)11(16)8-5-6-10-9(7-8)14-12(13)17-10/h5-7H,3-4H2,1-2H3. The van der Waals surface area contributed by atoms with Gasteiger partial charge in [-0.1, -0.05) is 11.6 Å². The summed E-state index contributed by atoms with van der Waals surface area (Å²) >= 11 is 7.27. The molecular formula is C12H13ClN2OS. The quantitative estimate of drug-likeness (QED) is 0.854. The van der Waals surface area contributed by atoms with E-state index in [1.54, 1.807) is 11.0 Å². The molecule has 0 N–H and O–H groups in total. The van der Waals surface area contributed by atoms with Crippen LogP contribution in [-0.4, -0.2) is 28.9 Å². The number of fused-ring (bicyclic) bond motifs is 1. The van der Waals surface area contributed by atoms with Gasteiger partial charge in [0.15, 0.2) is 4.47 Å². The number of benzene rings is 1. The fourth-order valence-corrected chi connectivity index (χ4v) is 2.74. The van der Waals surface area contributed by atoms with Crippen molar-refractivity contribution in [2.45, 2.75) is 13.8 Å². The lowest BCUT2D eigenvalue weighted by molar-refractivity contribution is 0.0773. The van der Waals surface area contributed by atoms with Crippen molar-refractivity contribution in [3.63, 3.8) is 0 Å². The van der Waals surface area contributed by atoms with Gasteiger partial charge in [-0.25, -0.2) is 4.98 Å². The van der Waals surface area contributed by atoms with Crippen LogP contribution in [0.15, 0.2) is 18.2 Å². The van der Waals surface area contributed by atoms with E-state index in [0.717, 1.165) is 10.2 Å². The minimum Gasteiger partial charge on any atom is -0.339 e. The number of carbonyl (C=O) groups is 1. The molecule has 1 heterocycles. The molecule has 17 heavy (non-hydrogen) atoms. The summed E-state index contributed by atoms with van der Waals surface area (Å²) in [5, 5.41) is 0. The minimum atomic E-state index is 0.0426. The molecule has 0 spiro atoms. The van der Waals surface area contributed by atoms with Gasteiger partial charge in [-0.05, 0) is 32.0 Å². The fourth-order valence-electron chi connectivity index (χ4n) is 1.73. The van der Waals surface area contributed by atoms with Crippen LogP contribution in [0.25, 0.3) is 10.2 Å². The first-order chi connectivity index (χ1) is 8.15. The molecule has 0 aliphatic rings. The third kappa shape index (κ3) is 2.42. The largest absolute Gasteiger partial charge is 0.339 e. The summed E-state index contributed by atoms with van der Waals surface area (Å²) in [5.41, 5.74) is 1.46. The number of amides is 1. The van der Waals surface area contributed by atoms with Crippen molar-refractivity contribution >= 4 is 39.1 Å². The minimum absolute atomic E-state index is 0.0426. The van der Waals surface area contributed by atoms with Gasteiger partial charge in [0.25, 0.3) is 5.91 Å². The van der Waals surface area contributed by atoms with E-state index in [1.807, 2.05) is 26.0 Å². The van der Waals surface area contributed by atoms with Crippen LogP contribution in [0.3, 0.4) is 0 Å². The predicted octanol–water partition coefficient (Wildman–Crippen LogP) is 3.43. The molecule has 0 bridgehead atoms. The predicted molar refractivity (Wildman–Crippen MR) is 71.9 cm³/mol. The van der Waals surface area contributed by atoms with Gasteiger partial charge in [0.1, 0.15) is 0 Å². The topological polar surface area (TPSA) is 33.2 Å². The average molecular weight is 269 g/mol. The molecule has 90 valence electrons. The molecule has 3 nitrogen and oxygen atoms in total. The second kappa shape index (κ2) is 5.02. The second-order valence-electron chi connectivity index (χ2n) is 3.63. The summed E-state index contributed by atoms with van der Waals surface area (Å²) < 4.78 is 1.51. The SMILES string of the molecule is CCN(CC)C(=O)c1ccc2sc(Cl)nc2c1. The van der Waals surface area contributed by atoms with Gasteiger partial charge in [-0.3, -0.25) is 4.79 Å². The summed E-state index contributed by atoms with van der Waals surface area (Å²) in [4.78, 5) is 18.1. The Morgan fingerprint density at radius 2 is 2.12 bits per heavy atom. The second-order valence-corrected chi connectivity index (χ2v) is 5.24. The zero-order valence-corrected chi connectivity index (χ0v) is 11.3. The fraction of sp³-hybridized carbons (Fsp3) is 0.333. The maximum atomic E-state index is 12.1. The Labute approximate surface area is 109 Å². The third-order valence-electron chi connectivity index (χ3n) is 2.66. The molecular weight excluding hydrogens is 256 g/mol. The number of thiazole rings is 1. The molecule has 2 rings (SSSR count). The lowest BCUT2D eigenvalue weighted by Gasteiger charge is -2.18. The summed E-state index contributed by atoms with van der Waals surface area (Å²) in [6, 6.07) is 5.53. The molecule has 1 aromatic carbocycles. The van der Waals surface area contributed by atoms with Crippen molar-refractivity contribution in [2.24, 2.45) is 0 Å². The smallest absolute Gasteiger partial charge is 0.253 e. The van der Waals surface area contributed by atoms with E-state index < -0.39 is 0 Å². The maximum Gasteiger partial charge on any atom is 0.253 e. The van der Waals surface area contributed by atoms with Crippen molar-refractivity contribution in [3.8, 4) is 0 Å². The van der Waals surface area contributed by atoms with Gasteiger partial charge in [-0.15, -0.1) is 11.3 Å². The highest BCUT2D eigenvalue weighted by molar-refractivity contribution is 7.22. The molecule has 0 atom stereocenters. The number of nitrogens with zero attached hydrogens (tertiary/aromatic N) is 2. The Hall–Kier alpha value is -1.13. The summed E-state index contributed by atoms with van der Waals surface area (Å²) in [6.45, 7) is 5.37. The number of hydrogen-bond donors (Lipinski definition) is 0. The number of halogens is 1. The van der Waals surface area contributed by atoms with E-state index in [2.05, 4.69) is 4.98 Å². The van der Waals surface area contributed by atoms with Crippen LogP contribution in [0.2, 0.25) is 4.47 Å². The summed E-state index contributed by atoms with van der Waals surface area (Å²) in [7, 11) is 0. The Bertz CT molecular complexity index is 548. The average Bonchev–Trinajstić information content (AvgIpc) is 2.69. The van der Waals surface area contributed by atoms with Gasteiger partial charge in [0, 0.05) is 18.7 Å². The molecule has 0 unspecified atom stereocenters. The molecule has 0 aliphatic carbocycles. The highest BCUT2D eigenvalue weighted by Crippen LogP contribution is 2.26. The Morgan fingerprint density at radius 1 is 1.41 bits per heavy atom. The Balaban J connectivity index is 2.38. The van der Waals surface area contributed by atoms with Crippen molar-refractivity contribution in [2.75, 3.05) is 13.1 Å². The number of carbonyl (C=O) groups excluding carboxylic acids is 1. The molecule has 0 saturated heterocycles. The van der Waals surface area contributed by atoms with Crippen LogP contribution in [0.5, 0.6) is 0 Å². The number of rotatable bonds is 3. The van der Waals surface area contributed by atoms with Gasteiger partial charge >= 0.3 is 0 Å². The van der Waals surface area contributed by atoms with Crippen molar-refractivity contribution in [3.05, 3.63) is 28.2 Å². The van der Waals surface area contributed by atoms with Crippen molar-refractivity contribution < 1.29 is 4.79 Å². The molecule has 0 radical (unpaired) electrons. The van der Waals surface area contributed by atoms with Gasteiger partial charge in [-0.2, -0.15) is 0 Å². The number of aromatic nitrogens is 1. The lowest BCUT2D eigenvalue weighted by atomic mass is 10.2. The van der Waals surface area contributed by atoms with Crippen LogP contribution in [0, 0.1) is 0 Å². The molecule has 5 heteroatoms. The van der Waals surface area contributed by atoms with Gasteiger partial charge in [0.05, 0.1) is 10.2 Å². The van der Waals surface area contributed by atoms with Gasteiger partial charge in [0.2, 0.25) is 0 Å². The lowest BCUT2D eigenvalue weighted by Crippen LogP contribution is -2.30. The van der Waals surface area contributed by atoms with E-state index >= 15 is 0 Å². The maximum absolute atomic E-state index is 12.1. The number of hydrogen-bond acceptors (Lipinski definition) is 3. The van der Waals surface area contributed by atoms with Crippen LogP contribution in [0.4, 0.5) is 0 Å². The normalized spacial score (nSPS) is 10.8. The van der Waals surface area contributed by atoms with Crippen LogP contribution in [-0.2, 0) is 0 Å². The molecule has 1 aromatic heterocycles. The molecule has 2 aromatic rings. The van der Waals surface area contributed by atoms with Crippen LogP contribution in [0.1, 0.15) is 24.2 Å². The first-order valence-corrected chi connectivity index (χ1v) is 6.70. The zero-order chi connectivity index (χ0) is 12.4. The van der Waals surface area contributed by atoms with Crippen molar-refractivity contribution in [1.29, 1.82) is 0 Å². The van der Waals surface area contributed by atoms with E-state index in [4.69, 9.17) is 11.6 Å². The Morgan fingerprint density at radius 3 is 2.76 bits per heavy atom. The monoisotopic (exact) mass is 268 g/mol. The van der Waals surface area contributed by atoms with Gasteiger partial charge < -0.3 is 4.90 Å². The highest BCUT2D eigenvalue weighted by atomic mass is 35.5. The van der Waals surface area contributed by atoms with E-state index in [0.29, 0.717) is 23.1 Å². The van der Waals surface area contributed by atoms with E-state index in [9.17, 15) is 4.79 Å². The molecule has 0 fully saturated rings. The molecule has 0 saturated carbocycles. The summed E-state index contributed by atoms with van der Waals surface area (Å²) in [5.74, 6) is 0.0426. The molecule has 0 aliphatic heterocycles. The first kappa shape index (κ1) is 12.3. The van der Waals surface area contributed by atoms with Crippen LogP contribution < -0.4 is 0 Å². The zero-order valence-electron chi connectivity index (χ0n) is 9.74. The summed E-state index contributed by atoms with van der Waals surface area (Å²) in [6.07, 6.45) is 0.